The van der Waals surface area contributed by atoms with Crippen molar-refractivity contribution in [1.82, 2.24) is 0 Å². The Morgan fingerprint density at radius 1 is 0.741 bits per heavy atom. The zero-order valence-corrected chi connectivity index (χ0v) is 18.7. The van der Waals surface area contributed by atoms with Gasteiger partial charge >= 0.3 is 8.60 Å². The van der Waals surface area contributed by atoms with Crippen molar-refractivity contribution in [2.45, 2.75) is 72.3 Å². The van der Waals surface area contributed by atoms with Crippen LogP contribution in [0.2, 0.25) is 0 Å². The standard InChI is InChI=1S/C23H33O3P/c1-15-11-9-13-17(22(3,4)5)19(15)21(26-27(24)25)20-16(2)12-10-14-18(20)23(6,7)8/h9-14,21,24-25H,1-8H3. The molecular weight excluding hydrogens is 355 g/mol. The van der Waals surface area contributed by atoms with Gasteiger partial charge in [-0.2, -0.15) is 0 Å². The number of benzene rings is 2. The van der Waals surface area contributed by atoms with Gasteiger partial charge in [0.1, 0.15) is 6.10 Å². The van der Waals surface area contributed by atoms with Crippen molar-refractivity contribution in [2.75, 3.05) is 0 Å². The number of hydrogen-bond donors (Lipinski definition) is 2. The van der Waals surface area contributed by atoms with E-state index in [4.69, 9.17) is 4.52 Å². The van der Waals surface area contributed by atoms with E-state index in [0.29, 0.717) is 0 Å². The summed E-state index contributed by atoms with van der Waals surface area (Å²) in [6.45, 7) is 17.2. The summed E-state index contributed by atoms with van der Waals surface area (Å²) < 4.78 is 5.83. The Hall–Kier alpha value is -1.25. The van der Waals surface area contributed by atoms with Gasteiger partial charge < -0.3 is 9.79 Å². The van der Waals surface area contributed by atoms with Crippen LogP contribution in [-0.2, 0) is 15.4 Å². The minimum Gasteiger partial charge on any atom is -0.328 e. The Morgan fingerprint density at radius 3 is 1.41 bits per heavy atom. The van der Waals surface area contributed by atoms with Crippen molar-refractivity contribution in [3.63, 3.8) is 0 Å². The van der Waals surface area contributed by atoms with E-state index in [2.05, 4.69) is 91.8 Å². The number of hydrogen-bond acceptors (Lipinski definition) is 3. The van der Waals surface area contributed by atoms with Crippen molar-refractivity contribution >= 4 is 8.60 Å². The van der Waals surface area contributed by atoms with Crippen molar-refractivity contribution in [3.05, 3.63) is 69.8 Å². The summed E-state index contributed by atoms with van der Waals surface area (Å²) in [5.74, 6) is 0. The Balaban J connectivity index is 2.86. The normalized spacial score (nSPS) is 12.9. The lowest BCUT2D eigenvalue weighted by Crippen LogP contribution is -2.22. The van der Waals surface area contributed by atoms with Gasteiger partial charge in [0.05, 0.1) is 0 Å². The molecule has 0 saturated heterocycles. The lowest BCUT2D eigenvalue weighted by atomic mass is 9.75. The van der Waals surface area contributed by atoms with Crippen LogP contribution in [0.1, 0.15) is 81.0 Å². The van der Waals surface area contributed by atoms with Crippen LogP contribution in [0.3, 0.4) is 0 Å². The van der Waals surface area contributed by atoms with Gasteiger partial charge in [-0.25, -0.2) is 0 Å². The highest BCUT2D eigenvalue weighted by molar-refractivity contribution is 7.39. The van der Waals surface area contributed by atoms with E-state index >= 15 is 0 Å². The molecule has 148 valence electrons. The minimum absolute atomic E-state index is 0.0960. The average molecular weight is 388 g/mol. The average Bonchev–Trinajstić information content (AvgIpc) is 2.50. The van der Waals surface area contributed by atoms with Gasteiger partial charge in [0.15, 0.2) is 0 Å². The van der Waals surface area contributed by atoms with E-state index in [9.17, 15) is 9.79 Å². The molecule has 0 radical (unpaired) electrons. The third-order valence-electron chi connectivity index (χ3n) is 4.99. The fourth-order valence-electron chi connectivity index (χ4n) is 3.71. The molecule has 0 aliphatic rings. The summed E-state index contributed by atoms with van der Waals surface area (Å²) in [7, 11) is -2.51. The number of rotatable bonds is 4. The summed E-state index contributed by atoms with van der Waals surface area (Å²) >= 11 is 0. The smallest absolute Gasteiger partial charge is 0.327 e. The minimum atomic E-state index is -2.51. The van der Waals surface area contributed by atoms with E-state index in [1.807, 2.05) is 0 Å². The highest BCUT2D eigenvalue weighted by atomic mass is 31.2. The van der Waals surface area contributed by atoms with Crippen LogP contribution in [0.25, 0.3) is 0 Å². The fourth-order valence-corrected chi connectivity index (χ4v) is 4.11. The van der Waals surface area contributed by atoms with Crippen molar-refractivity contribution < 1.29 is 14.3 Å². The van der Waals surface area contributed by atoms with Crippen LogP contribution in [-0.4, -0.2) is 9.79 Å². The van der Waals surface area contributed by atoms with Crippen LogP contribution in [0.5, 0.6) is 0 Å². The van der Waals surface area contributed by atoms with Gasteiger partial charge in [0, 0.05) is 0 Å². The van der Waals surface area contributed by atoms with Gasteiger partial charge in [0.25, 0.3) is 0 Å². The van der Waals surface area contributed by atoms with Crippen LogP contribution in [0.15, 0.2) is 36.4 Å². The monoisotopic (exact) mass is 388 g/mol. The molecule has 0 aliphatic heterocycles. The van der Waals surface area contributed by atoms with Crippen LogP contribution in [0.4, 0.5) is 0 Å². The quantitative estimate of drug-likeness (QED) is 0.612. The molecule has 0 unspecified atom stereocenters. The van der Waals surface area contributed by atoms with Crippen molar-refractivity contribution in [2.24, 2.45) is 0 Å². The predicted octanol–water partition coefficient (Wildman–Crippen LogP) is 6.22. The first-order chi connectivity index (χ1) is 12.3. The van der Waals surface area contributed by atoms with Crippen molar-refractivity contribution in [3.8, 4) is 0 Å². The summed E-state index contributed by atoms with van der Waals surface area (Å²) in [5, 5.41) is 0. The molecule has 0 heterocycles. The third kappa shape index (κ3) is 4.97. The Morgan fingerprint density at radius 2 is 1.11 bits per heavy atom. The second-order valence-corrected chi connectivity index (χ2v) is 10.0. The van der Waals surface area contributed by atoms with E-state index in [0.717, 1.165) is 33.4 Å². The lowest BCUT2D eigenvalue weighted by Gasteiger charge is -2.33. The summed E-state index contributed by atoms with van der Waals surface area (Å²) in [4.78, 5) is 19.6. The fraction of sp³-hybridized carbons (Fsp3) is 0.478. The first-order valence-corrected chi connectivity index (χ1v) is 10.5. The van der Waals surface area contributed by atoms with Gasteiger partial charge in [0.2, 0.25) is 0 Å². The molecule has 2 N–H and O–H groups in total. The molecule has 0 atom stereocenters. The zero-order chi connectivity index (χ0) is 20.6. The van der Waals surface area contributed by atoms with Crippen LogP contribution in [0, 0.1) is 13.8 Å². The lowest BCUT2D eigenvalue weighted by molar-refractivity contribution is 0.199. The second kappa shape index (κ2) is 8.01. The SMILES string of the molecule is Cc1cccc(C(C)(C)C)c1C(OP(O)O)c1c(C)cccc1C(C)(C)C. The maximum absolute atomic E-state index is 9.81. The predicted molar refractivity (Wildman–Crippen MR) is 114 cm³/mol. The zero-order valence-electron chi connectivity index (χ0n) is 17.8. The maximum atomic E-state index is 9.81. The van der Waals surface area contributed by atoms with Crippen LogP contribution >= 0.6 is 8.60 Å². The molecule has 4 heteroatoms. The van der Waals surface area contributed by atoms with Gasteiger partial charge in [-0.05, 0) is 58.1 Å². The second-order valence-electron chi connectivity index (χ2n) is 9.31. The van der Waals surface area contributed by atoms with Crippen molar-refractivity contribution in [1.29, 1.82) is 0 Å². The molecule has 0 spiro atoms. The molecule has 0 aliphatic carbocycles. The van der Waals surface area contributed by atoms with Gasteiger partial charge in [-0.3, -0.25) is 4.52 Å². The van der Waals surface area contributed by atoms with Gasteiger partial charge in [-0.15, -0.1) is 0 Å². The molecule has 27 heavy (non-hydrogen) atoms. The summed E-state index contributed by atoms with van der Waals surface area (Å²) in [5.41, 5.74) is 6.36. The largest absolute Gasteiger partial charge is 0.328 e. The molecule has 0 amide bonds. The summed E-state index contributed by atoms with van der Waals surface area (Å²) in [6, 6.07) is 12.5. The Bertz CT molecular complexity index is 735. The van der Waals surface area contributed by atoms with E-state index < -0.39 is 14.7 Å². The molecule has 0 saturated carbocycles. The molecule has 0 aromatic heterocycles. The van der Waals surface area contributed by atoms with Gasteiger partial charge in [-0.1, -0.05) is 77.9 Å². The highest BCUT2D eigenvalue weighted by Crippen LogP contribution is 2.46. The Kier molecular flexibility index (Phi) is 6.54. The molecule has 2 aromatic carbocycles. The Labute approximate surface area is 165 Å². The third-order valence-corrected chi connectivity index (χ3v) is 5.39. The summed E-state index contributed by atoms with van der Waals surface area (Å²) in [6.07, 6.45) is -0.531. The van der Waals surface area contributed by atoms with E-state index in [1.54, 1.807) is 0 Å². The molecule has 3 nitrogen and oxygen atoms in total. The highest BCUT2D eigenvalue weighted by Gasteiger charge is 2.32. The first-order valence-electron chi connectivity index (χ1n) is 9.38. The van der Waals surface area contributed by atoms with E-state index in [1.165, 1.54) is 0 Å². The molecular formula is C23H33O3P. The topological polar surface area (TPSA) is 49.7 Å². The maximum Gasteiger partial charge on any atom is 0.327 e. The molecule has 2 aromatic rings. The molecule has 0 bridgehead atoms. The molecule has 2 rings (SSSR count). The van der Waals surface area contributed by atoms with E-state index in [-0.39, 0.29) is 10.8 Å². The van der Waals surface area contributed by atoms with Crippen LogP contribution < -0.4 is 0 Å². The number of aryl methyl sites for hydroxylation is 2. The first kappa shape index (κ1) is 22.0. The molecule has 0 fully saturated rings.